The summed E-state index contributed by atoms with van der Waals surface area (Å²) in [4.78, 5) is 0. The molecule has 0 aliphatic rings. The summed E-state index contributed by atoms with van der Waals surface area (Å²) in [6.07, 6.45) is 0. The van der Waals surface area contributed by atoms with Gasteiger partial charge in [-0.05, 0) is 0 Å². The summed E-state index contributed by atoms with van der Waals surface area (Å²) in [7, 11) is 0. The van der Waals surface area contributed by atoms with Gasteiger partial charge in [0.2, 0.25) is 0 Å². The molecule has 22 heavy (non-hydrogen) atoms. The second kappa shape index (κ2) is 6.26. The van der Waals surface area contributed by atoms with Crippen LogP contribution in [0.3, 0.4) is 0 Å². The molecule has 0 nitrogen and oxygen atoms in total. The van der Waals surface area contributed by atoms with Gasteiger partial charge >= 0.3 is 155 Å². The summed E-state index contributed by atoms with van der Waals surface area (Å²) in [6, 6.07) is 13.8. The van der Waals surface area contributed by atoms with Crippen molar-refractivity contribution in [3.05, 3.63) is 47.5 Å². The van der Waals surface area contributed by atoms with Crippen LogP contribution in [0.4, 0.5) is 0 Å². The second-order valence-corrected chi connectivity index (χ2v) is 8.56. The zero-order valence-electron chi connectivity index (χ0n) is 15.5. The van der Waals surface area contributed by atoms with E-state index in [1.807, 2.05) is 0 Å². The summed E-state index contributed by atoms with van der Waals surface area (Å²) < 4.78 is 2.72. The van der Waals surface area contributed by atoms with Crippen molar-refractivity contribution in [3.8, 4) is 11.1 Å². The molecule has 0 aromatic heterocycles. The van der Waals surface area contributed by atoms with Crippen molar-refractivity contribution in [2.45, 2.75) is 52.4 Å². The zero-order valence-corrected chi connectivity index (χ0v) is 15.5. The number of hydrogen-bond acceptors (Lipinski definition) is 0. The van der Waals surface area contributed by atoms with Crippen LogP contribution in [-0.2, 0) is 10.8 Å². The molecule has 0 radical (unpaired) electrons. The first-order valence-electron chi connectivity index (χ1n) is 8.23. The van der Waals surface area contributed by atoms with Crippen molar-refractivity contribution in [3.63, 3.8) is 0 Å². The Labute approximate surface area is 154 Å². The fourth-order valence-electron chi connectivity index (χ4n) is 2.86. The third-order valence-corrected chi connectivity index (χ3v) is 4.48. The molecule has 0 saturated carbocycles. The molecule has 2 aromatic carbocycles. The summed E-state index contributed by atoms with van der Waals surface area (Å²) in [6.45, 7) is 13.6. The van der Waals surface area contributed by atoms with Crippen LogP contribution in [0.2, 0.25) is 0 Å². The predicted molar refractivity (Wildman–Crippen MR) is 100 cm³/mol. The van der Waals surface area contributed by atoms with Crippen molar-refractivity contribution in [2.75, 3.05) is 0 Å². The van der Waals surface area contributed by atoms with Gasteiger partial charge in [-0.1, -0.05) is 0 Å². The maximum absolute atomic E-state index is 2.34. The van der Waals surface area contributed by atoms with Gasteiger partial charge in [-0.2, -0.15) is 0 Å². The van der Waals surface area contributed by atoms with Crippen LogP contribution in [-0.4, -0.2) is 35.4 Å². The molecule has 0 heterocycles. The van der Waals surface area contributed by atoms with Crippen LogP contribution in [0, 0.1) is 0 Å². The Morgan fingerprint density at radius 2 is 0.909 bits per heavy atom. The Hall–Kier alpha value is -0.365. The van der Waals surface area contributed by atoms with Crippen molar-refractivity contribution in [1.82, 2.24) is 0 Å². The number of benzene rings is 2. The molecule has 0 amide bonds. The minimum atomic E-state index is 0.203. The van der Waals surface area contributed by atoms with E-state index < -0.39 is 0 Å². The van der Waals surface area contributed by atoms with Crippen LogP contribution >= 0.6 is 0 Å². The van der Waals surface area contributed by atoms with Gasteiger partial charge in [-0.3, -0.25) is 0 Å². The van der Waals surface area contributed by atoms with Gasteiger partial charge in [0, 0.05) is 0 Å². The molecule has 0 fully saturated rings. The van der Waals surface area contributed by atoms with Crippen molar-refractivity contribution in [2.24, 2.45) is 0 Å². The quantitative estimate of drug-likeness (QED) is 0.700. The molecule has 0 atom stereocenters. The van der Waals surface area contributed by atoms with E-state index in [-0.39, 0.29) is 10.8 Å². The van der Waals surface area contributed by atoms with Gasteiger partial charge in [0.25, 0.3) is 0 Å². The molecular formula is C20H24Li2. The standard InChI is InChI=1S/C20H24.2Li/c1-19(2,3)17-11-7-15(8-12-17)16-9-13-18(14-10-16)20(4,5)6;;/h7,9,11-14H,1-6H3;;. The first-order chi connectivity index (χ1) is 10.00. The van der Waals surface area contributed by atoms with E-state index in [2.05, 4.69) is 113 Å². The van der Waals surface area contributed by atoms with Crippen LogP contribution < -0.4 is 8.47 Å². The molecule has 106 valence electrons. The van der Waals surface area contributed by atoms with E-state index >= 15 is 0 Å². The molecule has 0 aliphatic heterocycles. The Morgan fingerprint density at radius 3 is 1.14 bits per heavy atom. The van der Waals surface area contributed by atoms with E-state index in [9.17, 15) is 0 Å². The Bertz CT molecular complexity index is 624. The Balaban J connectivity index is 2.49. The Kier molecular flexibility index (Phi) is 5.12. The van der Waals surface area contributed by atoms with E-state index in [1.165, 1.54) is 30.7 Å². The van der Waals surface area contributed by atoms with E-state index in [0.29, 0.717) is 0 Å². The molecular weight excluding hydrogens is 254 g/mol. The summed E-state index contributed by atoms with van der Waals surface area (Å²) >= 11 is 4.45. The molecule has 2 heteroatoms. The van der Waals surface area contributed by atoms with E-state index in [0.717, 1.165) is 0 Å². The van der Waals surface area contributed by atoms with Gasteiger partial charge in [-0.25, -0.2) is 0 Å². The van der Waals surface area contributed by atoms with Gasteiger partial charge in [0.1, 0.15) is 0 Å². The van der Waals surface area contributed by atoms with Crippen molar-refractivity contribution < 1.29 is 0 Å². The first-order valence-corrected chi connectivity index (χ1v) is 8.23. The summed E-state index contributed by atoms with van der Waals surface area (Å²) in [5.41, 5.74) is 5.91. The molecule has 0 saturated heterocycles. The SMILES string of the molecule is [Li][c]1cc(C(C)(C)C)ccc1-c1ccc(C(C)(C)C)c[c]1[Li]. The monoisotopic (exact) mass is 278 g/mol. The fourth-order valence-corrected chi connectivity index (χ4v) is 2.86. The molecule has 0 unspecified atom stereocenters. The number of rotatable bonds is 1. The molecule has 0 N–H and O–H groups in total. The predicted octanol–water partition coefficient (Wildman–Crippen LogP) is 3.54. The molecule has 2 aromatic rings. The van der Waals surface area contributed by atoms with Crippen molar-refractivity contribution in [1.29, 1.82) is 0 Å². The second-order valence-electron chi connectivity index (χ2n) is 8.56. The van der Waals surface area contributed by atoms with Gasteiger partial charge in [0.05, 0.1) is 0 Å². The molecule has 0 bridgehead atoms. The van der Waals surface area contributed by atoms with Crippen molar-refractivity contribution >= 4 is 43.9 Å². The van der Waals surface area contributed by atoms with Gasteiger partial charge in [-0.15, -0.1) is 0 Å². The third-order valence-electron chi connectivity index (χ3n) is 4.48. The minimum absolute atomic E-state index is 0.203. The third kappa shape index (κ3) is 3.93. The molecule has 0 aliphatic carbocycles. The van der Waals surface area contributed by atoms with Crippen LogP contribution in [0.1, 0.15) is 52.7 Å². The first kappa shape index (κ1) is 18.0. The summed E-state index contributed by atoms with van der Waals surface area (Å²) in [5, 5.41) is 0. The Morgan fingerprint density at radius 1 is 0.591 bits per heavy atom. The molecule has 2 rings (SSSR count). The summed E-state index contributed by atoms with van der Waals surface area (Å²) in [5.74, 6) is 0. The molecule has 0 spiro atoms. The van der Waals surface area contributed by atoms with E-state index in [1.54, 1.807) is 0 Å². The number of hydrogen-bond donors (Lipinski definition) is 0. The zero-order chi connectivity index (χ0) is 16.7. The average Bonchev–Trinajstić information content (AvgIpc) is 2.37. The topological polar surface area (TPSA) is 0 Å². The van der Waals surface area contributed by atoms with Crippen LogP contribution in [0.25, 0.3) is 11.1 Å². The fraction of sp³-hybridized carbons (Fsp3) is 0.400. The average molecular weight is 278 g/mol. The van der Waals surface area contributed by atoms with Gasteiger partial charge < -0.3 is 0 Å². The normalized spacial score (nSPS) is 12.6. The van der Waals surface area contributed by atoms with Gasteiger partial charge in [0.15, 0.2) is 0 Å². The maximum atomic E-state index is 2.34. The van der Waals surface area contributed by atoms with E-state index in [4.69, 9.17) is 0 Å². The van der Waals surface area contributed by atoms with Crippen LogP contribution in [0.15, 0.2) is 36.4 Å². The van der Waals surface area contributed by atoms with Crippen LogP contribution in [0.5, 0.6) is 0 Å².